The molecule has 3 rings (SSSR count). The highest BCUT2D eigenvalue weighted by Gasteiger charge is 2.40. The average Bonchev–Trinajstić information content (AvgIpc) is 2.95. The zero-order valence-electron chi connectivity index (χ0n) is 15.9. The van der Waals surface area contributed by atoms with E-state index in [4.69, 9.17) is 4.74 Å². The molecule has 0 radical (unpaired) electrons. The fourth-order valence-electron chi connectivity index (χ4n) is 4.30. The molecule has 0 atom stereocenters. The fourth-order valence-corrected chi connectivity index (χ4v) is 4.30. The van der Waals surface area contributed by atoms with Crippen molar-refractivity contribution in [2.45, 2.75) is 50.5 Å². The summed E-state index contributed by atoms with van der Waals surface area (Å²) in [6.07, 6.45) is 5.20. The summed E-state index contributed by atoms with van der Waals surface area (Å²) in [5, 5.41) is 19.1. The molecule has 1 aliphatic carbocycles. The molecule has 0 aromatic carbocycles. The summed E-state index contributed by atoms with van der Waals surface area (Å²) in [4.78, 5) is 19.6. The Labute approximate surface area is 160 Å². The predicted octanol–water partition coefficient (Wildman–Crippen LogP) is 2.87. The van der Waals surface area contributed by atoms with E-state index in [2.05, 4.69) is 16.0 Å². The van der Waals surface area contributed by atoms with Gasteiger partial charge in [-0.15, -0.1) is 0 Å². The molecule has 1 aromatic heterocycles. The van der Waals surface area contributed by atoms with Crippen LogP contribution in [0.4, 0.5) is 4.79 Å². The van der Waals surface area contributed by atoms with Crippen molar-refractivity contribution in [3.05, 3.63) is 24.0 Å². The summed E-state index contributed by atoms with van der Waals surface area (Å²) in [5.41, 5.74) is 0.306. The van der Waals surface area contributed by atoms with E-state index >= 15 is 0 Å². The van der Waals surface area contributed by atoms with Gasteiger partial charge in [0.15, 0.2) is 0 Å². The van der Waals surface area contributed by atoms with Gasteiger partial charge in [0.1, 0.15) is 5.75 Å². The van der Waals surface area contributed by atoms with Crippen LogP contribution < -0.4 is 4.74 Å². The molecule has 1 saturated heterocycles. The number of hydrogen-bond donors (Lipinski definition) is 1. The van der Waals surface area contributed by atoms with Crippen LogP contribution in [0.1, 0.15) is 44.7 Å². The molecule has 1 saturated carbocycles. The van der Waals surface area contributed by atoms with Crippen LogP contribution >= 0.6 is 0 Å². The molecule has 7 heteroatoms. The maximum Gasteiger partial charge on any atom is 0.407 e. The second kappa shape index (κ2) is 8.57. The van der Waals surface area contributed by atoms with Gasteiger partial charge < -0.3 is 14.7 Å². The number of carbonyl (C=O) groups is 1. The van der Waals surface area contributed by atoms with Gasteiger partial charge in [-0.05, 0) is 51.2 Å². The molecular formula is C20H28N4O3. The lowest BCUT2D eigenvalue weighted by atomic mass is 9.71. The number of ether oxygens (including phenoxy) is 1. The normalized spacial score (nSPS) is 26.8. The summed E-state index contributed by atoms with van der Waals surface area (Å²) in [6, 6.07) is 6.77. The van der Waals surface area contributed by atoms with Crippen LogP contribution in [-0.4, -0.2) is 64.8 Å². The van der Waals surface area contributed by atoms with Crippen molar-refractivity contribution in [3.63, 3.8) is 0 Å². The Balaban J connectivity index is 1.62. The Morgan fingerprint density at radius 1 is 1.33 bits per heavy atom. The lowest BCUT2D eigenvalue weighted by Gasteiger charge is -2.39. The van der Waals surface area contributed by atoms with E-state index in [1.54, 1.807) is 6.20 Å². The summed E-state index contributed by atoms with van der Waals surface area (Å²) >= 11 is 0. The first-order chi connectivity index (χ1) is 13.1. The number of nitrogens with zero attached hydrogens (tertiary/aromatic N) is 4. The Kier molecular flexibility index (Phi) is 6.17. The largest absolute Gasteiger partial charge is 0.492 e. The van der Waals surface area contributed by atoms with E-state index in [-0.39, 0.29) is 0 Å². The topological polar surface area (TPSA) is 89.7 Å². The SMILES string of the molecule is CCOc1ccc(C2(C#N)CCC(N3CCCN(C(=O)O)CC3)CC2)nc1. The van der Waals surface area contributed by atoms with Crippen molar-refractivity contribution in [1.82, 2.24) is 14.8 Å². The Morgan fingerprint density at radius 3 is 2.70 bits per heavy atom. The molecular weight excluding hydrogens is 344 g/mol. The van der Waals surface area contributed by atoms with Crippen molar-refractivity contribution in [2.24, 2.45) is 0 Å². The van der Waals surface area contributed by atoms with E-state index in [0.29, 0.717) is 25.7 Å². The van der Waals surface area contributed by atoms with Gasteiger partial charge >= 0.3 is 6.09 Å². The maximum atomic E-state index is 11.2. The highest BCUT2D eigenvalue weighted by Crippen LogP contribution is 2.40. The lowest BCUT2D eigenvalue weighted by molar-refractivity contribution is 0.130. The molecule has 0 unspecified atom stereocenters. The van der Waals surface area contributed by atoms with Gasteiger partial charge in [-0.3, -0.25) is 9.88 Å². The molecule has 1 aromatic rings. The summed E-state index contributed by atoms with van der Waals surface area (Å²) in [6.45, 7) is 5.41. The van der Waals surface area contributed by atoms with Crippen LogP contribution in [0, 0.1) is 11.3 Å². The highest BCUT2D eigenvalue weighted by atomic mass is 16.5. The molecule has 146 valence electrons. The molecule has 27 heavy (non-hydrogen) atoms. The van der Waals surface area contributed by atoms with Gasteiger partial charge in [0.05, 0.1) is 30.0 Å². The third kappa shape index (κ3) is 4.33. The van der Waals surface area contributed by atoms with Crippen molar-refractivity contribution < 1.29 is 14.6 Å². The lowest BCUT2D eigenvalue weighted by Crippen LogP contribution is -2.44. The fraction of sp³-hybridized carbons (Fsp3) is 0.650. The number of amides is 1. The molecule has 2 fully saturated rings. The van der Waals surface area contributed by atoms with Gasteiger partial charge in [0.2, 0.25) is 0 Å². The molecule has 0 spiro atoms. The molecule has 1 amide bonds. The van der Waals surface area contributed by atoms with Crippen LogP contribution in [0.15, 0.2) is 18.3 Å². The van der Waals surface area contributed by atoms with E-state index in [0.717, 1.165) is 56.6 Å². The Bertz CT molecular complexity index is 677. The van der Waals surface area contributed by atoms with Crippen LogP contribution in [0.25, 0.3) is 0 Å². The zero-order valence-corrected chi connectivity index (χ0v) is 15.9. The monoisotopic (exact) mass is 372 g/mol. The van der Waals surface area contributed by atoms with E-state index in [1.165, 1.54) is 4.90 Å². The van der Waals surface area contributed by atoms with Gasteiger partial charge in [0.25, 0.3) is 0 Å². The minimum absolute atomic E-state index is 0.419. The van der Waals surface area contributed by atoms with Crippen LogP contribution in [-0.2, 0) is 5.41 Å². The molecule has 2 heterocycles. The third-order valence-electron chi connectivity index (χ3n) is 5.88. The number of aromatic nitrogens is 1. The Morgan fingerprint density at radius 2 is 2.11 bits per heavy atom. The van der Waals surface area contributed by atoms with Crippen LogP contribution in [0.2, 0.25) is 0 Å². The maximum absolute atomic E-state index is 11.2. The average molecular weight is 372 g/mol. The van der Waals surface area contributed by atoms with E-state index in [1.807, 2.05) is 19.1 Å². The van der Waals surface area contributed by atoms with Crippen molar-refractivity contribution in [1.29, 1.82) is 5.26 Å². The molecule has 2 aliphatic rings. The zero-order chi connectivity index (χ0) is 19.3. The highest BCUT2D eigenvalue weighted by molar-refractivity contribution is 5.64. The summed E-state index contributed by atoms with van der Waals surface area (Å²) < 4.78 is 5.45. The van der Waals surface area contributed by atoms with Gasteiger partial charge in [-0.1, -0.05) is 0 Å². The minimum atomic E-state index is -0.828. The number of hydrogen-bond acceptors (Lipinski definition) is 5. The number of nitriles is 1. The standard InChI is InChI=1S/C20H28N4O3/c1-2-27-17-4-5-18(22-14-17)20(15-21)8-6-16(7-9-20)23-10-3-11-24(13-12-23)19(25)26/h4-5,14,16H,2-3,6-13H2,1H3,(H,25,26). The van der Waals surface area contributed by atoms with Gasteiger partial charge in [-0.2, -0.15) is 5.26 Å². The van der Waals surface area contributed by atoms with Crippen molar-refractivity contribution in [2.75, 3.05) is 32.8 Å². The minimum Gasteiger partial charge on any atom is -0.492 e. The first kappa shape index (κ1) is 19.4. The smallest absolute Gasteiger partial charge is 0.407 e. The quantitative estimate of drug-likeness (QED) is 0.874. The predicted molar refractivity (Wildman–Crippen MR) is 101 cm³/mol. The summed E-state index contributed by atoms with van der Waals surface area (Å²) in [7, 11) is 0. The van der Waals surface area contributed by atoms with Crippen molar-refractivity contribution in [3.8, 4) is 11.8 Å². The molecule has 1 N–H and O–H groups in total. The number of rotatable bonds is 4. The second-order valence-electron chi connectivity index (χ2n) is 7.40. The van der Waals surface area contributed by atoms with Crippen LogP contribution in [0.3, 0.4) is 0 Å². The van der Waals surface area contributed by atoms with Crippen LogP contribution in [0.5, 0.6) is 5.75 Å². The Hall–Kier alpha value is -2.33. The van der Waals surface area contributed by atoms with E-state index < -0.39 is 11.5 Å². The third-order valence-corrected chi connectivity index (χ3v) is 5.88. The number of carboxylic acid groups (broad SMARTS) is 1. The first-order valence-corrected chi connectivity index (χ1v) is 9.80. The van der Waals surface area contributed by atoms with Gasteiger partial charge in [0, 0.05) is 32.2 Å². The summed E-state index contributed by atoms with van der Waals surface area (Å²) in [5.74, 6) is 0.732. The van der Waals surface area contributed by atoms with Crippen molar-refractivity contribution >= 4 is 6.09 Å². The van der Waals surface area contributed by atoms with Gasteiger partial charge in [-0.25, -0.2) is 4.79 Å². The number of pyridine rings is 1. The molecule has 0 bridgehead atoms. The first-order valence-electron chi connectivity index (χ1n) is 9.80. The molecule has 1 aliphatic heterocycles. The van der Waals surface area contributed by atoms with E-state index in [9.17, 15) is 15.2 Å². The second-order valence-corrected chi connectivity index (χ2v) is 7.40. The molecule has 7 nitrogen and oxygen atoms in total.